The number of rotatable bonds is 5. The van der Waals surface area contributed by atoms with Crippen molar-refractivity contribution in [2.45, 2.75) is 30.9 Å². The molecular weight excluding hydrogens is 298 g/mol. The first-order valence-corrected chi connectivity index (χ1v) is 7.16. The molecule has 21 heavy (non-hydrogen) atoms. The van der Waals surface area contributed by atoms with Gasteiger partial charge in [0.25, 0.3) is 5.56 Å². The van der Waals surface area contributed by atoms with Crippen molar-refractivity contribution in [1.82, 2.24) is 9.78 Å². The van der Waals surface area contributed by atoms with Crippen molar-refractivity contribution in [2.24, 2.45) is 0 Å². The molecular formula is C13H18ClN3O4. The van der Waals surface area contributed by atoms with Gasteiger partial charge in [0, 0.05) is 26.3 Å². The third-order valence-corrected chi connectivity index (χ3v) is 3.92. The standard InChI is InChI=1S/C13H18ClN3O4/c1-21-10-2-4-16(5-3-10)9-6-12(18)17(15-7-9)8-11(14)13(19)20/h6-7,10-11H,2-5,8H2,1H3,(H,19,20). The van der Waals surface area contributed by atoms with Crippen LogP contribution in [0.25, 0.3) is 0 Å². The molecule has 0 aliphatic carbocycles. The van der Waals surface area contributed by atoms with Crippen molar-refractivity contribution in [3.63, 3.8) is 0 Å². The fraction of sp³-hybridized carbons (Fsp3) is 0.615. The number of methoxy groups -OCH3 is 1. The van der Waals surface area contributed by atoms with Crippen LogP contribution < -0.4 is 10.5 Å². The molecule has 2 rings (SSSR count). The van der Waals surface area contributed by atoms with E-state index >= 15 is 0 Å². The van der Waals surface area contributed by atoms with Gasteiger partial charge in [-0.05, 0) is 12.8 Å². The van der Waals surface area contributed by atoms with Gasteiger partial charge in [0.15, 0.2) is 5.38 Å². The van der Waals surface area contributed by atoms with E-state index in [1.807, 2.05) is 0 Å². The van der Waals surface area contributed by atoms with Crippen molar-refractivity contribution >= 4 is 23.3 Å². The summed E-state index contributed by atoms with van der Waals surface area (Å²) in [7, 11) is 1.70. The van der Waals surface area contributed by atoms with Crippen molar-refractivity contribution in [2.75, 3.05) is 25.1 Å². The SMILES string of the molecule is COC1CCN(c2cnn(CC(Cl)C(=O)O)c(=O)c2)CC1. The highest BCUT2D eigenvalue weighted by atomic mass is 35.5. The Morgan fingerprint density at radius 3 is 2.76 bits per heavy atom. The number of carboxylic acids is 1. The Labute approximate surface area is 127 Å². The molecule has 7 nitrogen and oxygen atoms in total. The highest BCUT2D eigenvalue weighted by Gasteiger charge is 2.20. The second-order valence-electron chi connectivity index (χ2n) is 4.96. The van der Waals surface area contributed by atoms with Gasteiger partial charge in [-0.3, -0.25) is 9.59 Å². The van der Waals surface area contributed by atoms with Crippen LogP contribution in [-0.2, 0) is 16.1 Å². The summed E-state index contributed by atoms with van der Waals surface area (Å²) in [6, 6.07) is 1.46. The molecule has 0 radical (unpaired) electrons. The quantitative estimate of drug-likeness (QED) is 0.799. The fourth-order valence-electron chi connectivity index (χ4n) is 2.31. The van der Waals surface area contributed by atoms with Gasteiger partial charge in [-0.1, -0.05) is 0 Å². The predicted molar refractivity (Wildman–Crippen MR) is 78.0 cm³/mol. The lowest BCUT2D eigenvalue weighted by Gasteiger charge is -2.32. The molecule has 1 aliphatic rings. The van der Waals surface area contributed by atoms with Crippen LogP contribution in [0.1, 0.15) is 12.8 Å². The molecule has 0 amide bonds. The molecule has 0 aromatic carbocycles. The molecule has 1 aliphatic heterocycles. The maximum absolute atomic E-state index is 12.0. The van der Waals surface area contributed by atoms with E-state index in [2.05, 4.69) is 10.00 Å². The lowest BCUT2D eigenvalue weighted by molar-refractivity contribution is -0.136. The maximum atomic E-state index is 12.0. The lowest BCUT2D eigenvalue weighted by atomic mass is 10.1. The number of piperidine rings is 1. The zero-order chi connectivity index (χ0) is 15.4. The molecule has 0 bridgehead atoms. The van der Waals surface area contributed by atoms with Crippen LogP contribution >= 0.6 is 11.6 Å². The fourth-order valence-corrected chi connectivity index (χ4v) is 2.44. The molecule has 1 N–H and O–H groups in total. The summed E-state index contributed by atoms with van der Waals surface area (Å²) in [6.45, 7) is 1.45. The molecule has 1 saturated heterocycles. The number of halogens is 1. The molecule has 0 spiro atoms. The van der Waals surface area contributed by atoms with E-state index in [9.17, 15) is 9.59 Å². The van der Waals surface area contributed by atoms with Gasteiger partial charge in [0.05, 0.1) is 24.5 Å². The largest absolute Gasteiger partial charge is 0.480 e. The second kappa shape index (κ2) is 6.91. The summed E-state index contributed by atoms with van der Waals surface area (Å²) in [5, 5.41) is 11.6. The zero-order valence-electron chi connectivity index (χ0n) is 11.7. The monoisotopic (exact) mass is 315 g/mol. The number of nitrogens with zero attached hydrogens (tertiary/aromatic N) is 3. The maximum Gasteiger partial charge on any atom is 0.323 e. The van der Waals surface area contributed by atoms with E-state index in [0.717, 1.165) is 36.3 Å². The smallest absolute Gasteiger partial charge is 0.323 e. The van der Waals surface area contributed by atoms with Crippen molar-refractivity contribution in [3.05, 3.63) is 22.6 Å². The summed E-state index contributed by atoms with van der Waals surface area (Å²) < 4.78 is 6.37. The van der Waals surface area contributed by atoms with Crippen LogP contribution in [-0.4, -0.2) is 52.5 Å². The summed E-state index contributed by atoms with van der Waals surface area (Å²) >= 11 is 5.62. The van der Waals surface area contributed by atoms with Gasteiger partial charge < -0.3 is 14.7 Å². The first kappa shape index (κ1) is 15.8. The summed E-state index contributed by atoms with van der Waals surface area (Å²) in [5.74, 6) is -1.17. The molecule has 116 valence electrons. The molecule has 8 heteroatoms. The molecule has 1 aromatic heterocycles. The number of alkyl halides is 1. The zero-order valence-corrected chi connectivity index (χ0v) is 12.5. The minimum atomic E-state index is -1.17. The topological polar surface area (TPSA) is 84.7 Å². The van der Waals surface area contributed by atoms with Crippen LogP contribution in [0.4, 0.5) is 5.69 Å². The highest BCUT2D eigenvalue weighted by Crippen LogP contribution is 2.19. The summed E-state index contributed by atoms with van der Waals surface area (Å²) in [6.07, 6.45) is 3.65. The number of hydrogen-bond acceptors (Lipinski definition) is 5. The third kappa shape index (κ3) is 3.95. The van der Waals surface area contributed by atoms with Crippen molar-refractivity contribution < 1.29 is 14.6 Å². The van der Waals surface area contributed by atoms with E-state index in [4.69, 9.17) is 21.4 Å². The summed E-state index contributed by atoms with van der Waals surface area (Å²) in [5.41, 5.74) is 0.389. The average molecular weight is 316 g/mol. The number of hydrogen-bond donors (Lipinski definition) is 1. The average Bonchev–Trinajstić information content (AvgIpc) is 2.49. The Hall–Kier alpha value is -1.60. The molecule has 2 heterocycles. The van der Waals surface area contributed by atoms with Crippen LogP contribution in [0, 0.1) is 0 Å². The lowest BCUT2D eigenvalue weighted by Crippen LogP contribution is -2.38. The predicted octanol–water partition coefficient (Wildman–Crippen LogP) is 0.550. The van der Waals surface area contributed by atoms with Gasteiger partial charge >= 0.3 is 5.97 Å². The summed E-state index contributed by atoms with van der Waals surface area (Å²) in [4.78, 5) is 24.7. The van der Waals surface area contributed by atoms with E-state index in [-0.39, 0.29) is 18.2 Å². The number of carbonyl (C=O) groups is 1. The number of ether oxygens (including phenoxy) is 1. The first-order valence-electron chi connectivity index (χ1n) is 6.73. The number of aromatic nitrogens is 2. The van der Waals surface area contributed by atoms with Gasteiger partial charge in [0.2, 0.25) is 0 Å². The number of carboxylic acid groups (broad SMARTS) is 1. The number of aliphatic carboxylic acids is 1. The van der Waals surface area contributed by atoms with E-state index in [0.29, 0.717) is 0 Å². The van der Waals surface area contributed by atoms with E-state index < -0.39 is 11.3 Å². The Morgan fingerprint density at radius 2 is 2.24 bits per heavy atom. The van der Waals surface area contributed by atoms with Crippen LogP contribution in [0.5, 0.6) is 0 Å². The van der Waals surface area contributed by atoms with Crippen LogP contribution in [0.15, 0.2) is 17.1 Å². The third-order valence-electron chi connectivity index (χ3n) is 3.60. The van der Waals surface area contributed by atoms with Gasteiger partial charge in [-0.15, -0.1) is 11.6 Å². The Balaban J connectivity index is 2.06. The first-order chi connectivity index (χ1) is 10.0. The Bertz CT molecular complexity index is 555. The molecule has 0 saturated carbocycles. The van der Waals surface area contributed by atoms with Crippen molar-refractivity contribution in [3.8, 4) is 0 Å². The van der Waals surface area contributed by atoms with Crippen LogP contribution in [0.3, 0.4) is 0 Å². The van der Waals surface area contributed by atoms with E-state index in [1.54, 1.807) is 13.3 Å². The van der Waals surface area contributed by atoms with E-state index in [1.165, 1.54) is 6.07 Å². The molecule has 1 aromatic rings. The molecule has 1 fully saturated rings. The Kier molecular flexibility index (Phi) is 5.19. The number of anilines is 1. The Morgan fingerprint density at radius 1 is 1.57 bits per heavy atom. The second-order valence-corrected chi connectivity index (χ2v) is 5.49. The van der Waals surface area contributed by atoms with Gasteiger partial charge in [-0.2, -0.15) is 5.10 Å². The van der Waals surface area contributed by atoms with Gasteiger partial charge in [0.1, 0.15) is 0 Å². The van der Waals surface area contributed by atoms with Gasteiger partial charge in [-0.25, -0.2) is 4.68 Å². The van der Waals surface area contributed by atoms with Crippen LogP contribution in [0.2, 0.25) is 0 Å². The van der Waals surface area contributed by atoms with Crippen molar-refractivity contribution in [1.29, 1.82) is 0 Å². The minimum absolute atomic E-state index is 0.151. The highest BCUT2D eigenvalue weighted by molar-refractivity contribution is 6.29. The normalized spacial score (nSPS) is 17.7. The molecule has 1 atom stereocenters. The molecule has 1 unspecified atom stereocenters. The minimum Gasteiger partial charge on any atom is -0.480 e.